The minimum Gasteiger partial charge on any atom is -0.369 e. The second-order valence-electron chi connectivity index (χ2n) is 7.27. The Bertz CT molecular complexity index is 940. The molecule has 0 atom stereocenters. The van der Waals surface area contributed by atoms with Crippen molar-refractivity contribution in [1.29, 1.82) is 0 Å². The third kappa shape index (κ3) is 2.99. The van der Waals surface area contributed by atoms with Gasteiger partial charge in [0.2, 0.25) is 0 Å². The molecule has 0 amide bonds. The molecule has 5 rings (SSSR count). The maximum absolute atomic E-state index is 13.1. The van der Waals surface area contributed by atoms with Crippen LogP contribution in [0.5, 0.6) is 0 Å². The highest BCUT2D eigenvalue weighted by molar-refractivity contribution is 5.49. The zero-order chi connectivity index (χ0) is 18.4. The van der Waals surface area contributed by atoms with Crippen molar-refractivity contribution < 1.29 is 4.39 Å². The number of fused-ring (bicyclic) bond motifs is 1. The van der Waals surface area contributed by atoms with E-state index in [1.807, 2.05) is 31.2 Å². The van der Waals surface area contributed by atoms with Crippen LogP contribution < -0.4 is 9.80 Å². The molecule has 2 fully saturated rings. The van der Waals surface area contributed by atoms with Crippen molar-refractivity contribution in [2.45, 2.75) is 13.0 Å². The molecule has 7 nitrogen and oxygen atoms in total. The largest absolute Gasteiger partial charge is 0.369 e. The van der Waals surface area contributed by atoms with Crippen LogP contribution in [0.1, 0.15) is 5.82 Å². The molecule has 2 aliphatic rings. The Balaban J connectivity index is 1.18. The van der Waals surface area contributed by atoms with Crippen molar-refractivity contribution in [3.63, 3.8) is 0 Å². The SMILES string of the molecule is Cc1nnc2ccc(N3CC(N4CCN(c5ccc(F)cc5)CC4)C3)nn12. The molecule has 2 aliphatic heterocycles. The molecule has 140 valence electrons. The first kappa shape index (κ1) is 16.4. The van der Waals surface area contributed by atoms with Crippen molar-refractivity contribution in [3.05, 3.63) is 48.0 Å². The van der Waals surface area contributed by atoms with Gasteiger partial charge in [-0.25, -0.2) is 4.39 Å². The number of nitrogens with zero attached hydrogens (tertiary/aromatic N) is 7. The van der Waals surface area contributed by atoms with E-state index in [9.17, 15) is 4.39 Å². The lowest BCUT2D eigenvalue weighted by Gasteiger charge is -2.48. The van der Waals surface area contributed by atoms with Gasteiger partial charge in [-0.05, 0) is 43.3 Å². The Hall–Kier alpha value is -2.74. The summed E-state index contributed by atoms with van der Waals surface area (Å²) in [5.41, 5.74) is 1.89. The second kappa shape index (κ2) is 6.45. The molecule has 4 heterocycles. The molecule has 0 bridgehead atoms. The van der Waals surface area contributed by atoms with Crippen LogP contribution in [-0.2, 0) is 0 Å². The van der Waals surface area contributed by atoms with Crippen LogP contribution in [0.2, 0.25) is 0 Å². The van der Waals surface area contributed by atoms with E-state index in [4.69, 9.17) is 0 Å². The van der Waals surface area contributed by atoms with Crippen LogP contribution in [0.3, 0.4) is 0 Å². The Morgan fingerprint density at radius 2 is 1.63 bits per heavy atom. The van der Waals surface area contributed by atoms with Gasteiger partial charge in [-0.15, -0.1) is 15.3 Å². The highest BCUT2D eigenvalue weighted by atomic mass is 19.1. The summed E-state index contributed by atoms with van der Waals surface area (Å²) in [5.74, 6) is 1.60. The molecule has 27 heavy (non-hydrogen) atoms. The van der Waals surface area contributed by atoms with E-state index in [2.05, 4.69) is 30.0 Å². The first-order valence-corrected chi connectivity index (χ1v) is 9.36. The Labute approximate surface area is 157 Å². The third-order valence-corrected chi connectivity index (χ3v) is 5.61. The molecular formula is C19H22FN7. The molecule has 0 spiro atoms. The van der Waals surface area contributed by atoms with Gasteiger partial charge in [-0.3, -0.25) is 4.90 Å². The van der Waals surface area contributed by atoms with Crippen LogP contribution in [0.4, 0.5) is 15.9 Å². The highest BCUT2D eigenvalue weighted by Gasteiger charge is 2.34. The maximum Gasteiger partial charge on any atom is 0.178 e. The van der Waals surface area contributed by atoms with Crippen LogP contribution in [-0.4, -0.2) is 70.0 Å². The lowest BCUT2D eigenvalue weighted by Crippen LogP contribution is -2.63. The molecule has 2 saturated heterocycles. The van der Waals surface area contributed by atoms with Gasteiger partial charge >= 0.3 is 0 Å². The molecule has 0 unspecified atom stereocenters. The van der Waals surface area contributed by atoms with Crippen LogP contribution in [0.15, 0.2) is 36.4 Å². The molecule has 1 aromatic carbocycles. The summed E-state index contributed by atoms with van der Waals surface area (Å²) < 4.78 is 14.9. The minimum absolute atomic E-state index is 0.180. The standard InChI is InChI=1S/C19H22FN7/c1-14-21-22-18-6-7-19(23-27(14)18)26-12-17(13-26)25-10-8-24(9-11-25)16-4-2-15(20)3-5-16/h2-7,17H,8-13H2,1H3. The van der Waals surface area contributed by atoms with Gasteiger partial charge in [0, 0.05) is 51.0 Å². The quantitative estimate of drug-likeness (QED) is 0.701. The molecular weight excluding hydrogens is 345 g/mol. The van der Waals surface area contributed by atoms with Crippen molar-refractivity contribution >= 4 is 17.2 Å². The van der Waals surface area contributed by atoms with Gasteiger partial charge in [0.05, 0.1) is 0 Å². The number of rotatable bonds is 3. The number of aryl methyl sites for hydroxylation is 1. The number of halogens is 1. The number of hydrogen-bond acceptors (Lipinski definition) is 6. The molecule has 0 aliphatic carbocycles. The van der Waals surface area contributed by atoms with Crippen molar-refractivity contribution in [1.82, 2.24) is 24.7 Å². The van der Waals surface area contributed by atoms with Gasteiger partial charge in [0.15, 0.2) is 11.5 Å². The van der Waals surface area contributed by atoms with E-state index in [0.29, 0.717) is 6.04 Å². The summed E-state index contributed by atoms with van der Waals surface area (Å²) >= 11 is 0. The Morgan fingerprint density at radius 1 is 0.889 bits per heavy atom. The van der Waals surface area contributed by atoms with Gasteiger partial charge in [-0.1, -0.05) is 0 Å². The summed E-state index contributed by atoms with van der Waals surface area (Å²) in [4.78, 5) is 7.19. The Morgan fingerprint density at radius 3 is 2.37 bits per heavy atom. The molecule has 2 aromatic heterocycles. The topological polar surface area (TPSA) is 52.8 Å². The van der Waals surface area contributed by atoms with Crippen molar-refractivity contribution in [3.8, 4) is 0 Å². The predicted octanol–water partition coefficient (Wildman–Crippen LogP) is 1.58. The average molecular weight is 367 g/mol. The van der Waals surface area contributed by atoms with Crippen LogP contribution in [0, 0.1) is 12.7 Å². The number of aromatic nitrogens is 4. The van der Waals surface area contributed by atoms with Crippen molar-refractivity contribution in [2.75, 3.05) is 49.1 Å². The number of benzene rings is 1. The molecule has 3 aromatic rings. The third-order valence-electron chi connectivity index (χ3n) is 5.61. The van der Waals surface area contributed by atoms with E-state index < -0.39 is 0 Å². The smallest absolute Gasteiger partial charge is 0.178 e. The van der Waals surface area contributed by atoms with Gasteiger partial charge in [0.25, 0.3) is 0 Å². The first-order chi connectivity index (χ1) is 13.2. The summed E-state index contributed by atoms with van der Waals surface area (Å²) in [6.07, 6.45) is 0. The summed E-state index contributed by atoms with van der Waals surface area (Å²) in [5, 5.41) is 12.8. The van der Waals surface area contributed by atoms with Crippen LogP contribution >= 0.6 is 0 Å². The zero-order valence-corrected chi connectivity index (χ0v) is 15.3. The van der Waals surface area contributed by atoms with Gasteiger partial charge < -0.3 is 9.80 Å². The fourth-order valence-corrected chi connectivity index (χ4v) is 3.93. The van der Waals surface area contributed by atoms with E-state index in [1.54, 1.807) is 4.52 Å². The molecule has 0 saturated carbocycles. The first-order valence-electron chi connectivity index (χ1n) is 9.36. The number of piperazine rings is 1. The van der Waals surface area contributed by atoms with Gasteiger partial charge in [0.1, 0.15) is 11.6 Å². The minimum atomic E-state index is -0.180. The predicted molar refractivity (Wildman–Crippen MR) is 102 cm³/mol. The highest BCUT2D eigenvalue weighted by Crippen LogP contribution is 2.24. The fraction of sp³-hybridized carbons (Fsp3) is 0.421. The molecule has 0 radical (unpaired) electrons. The monoisotopic (exact) mass is 367 g/mol. The van der Waals surface area contributed by atoms with E-state index >= 15 is 0 Å². The summed E-state index contributed by atoms with van der Waals surface area (Å²) in [6.45, 7) is 7.93. The summed E-state index contributed by atoms with van der Waals surface area (Å²) in [6, 6.07) is 11.4. The van der Waals surface area contributed by atoms with Gasteiger partial charge in [-0.2, -0.15) is 4.52 Å². The summed E-state index contributed by atoms with van der Waals surface area (Å²) in [7, 11) is 0. The fourth-order valence-electron chi connectivity index (χ4n) is 3.93. The molecule has 0 N–H and O–H groups in total. The normalized spacial score (nSPS) is 18.9. The van der Waals surface area contributed by atoms with E-state index in [1.165, 1.54) is 12.1 Å². The lowest BCUT2D eigenvalue weighted by molar-refractivity contribution is 0.156. The van der Waals surface area contributed by atoms with E-state index in [-0.39, 0.29) is 5.82 Å². The lowest BCUT2D eigenvalue weighted by atomic mass is 10.1. The zero-order valence-electron chi connectivity index (χ0n) is 15.3. The van der Waals surface area contributed by atoms with E-state index in [0.717, 1.165) is 62.2 Å². The maximum atomic E-state index is 13.1. The average Bonchev–Trinajstić information content (AvgIpc) is 3.03. The van der Waals surface area contributed by atoms with Crippen molar-refractivity contribution in [2.24, 2.45) is 0 Å². The van der Waals surface area contributed by atoms with Crippen LogP contribution in [0.25, 0.3) is 5.65 Å². The Kier molecular flexibility index (Phi) is 3.93. The number of anilines is 2. The second-order valence-corrected chi connectivity index (χ2v) is 7.27. The number of hydrogen-bond donors (Lipinski definition) is 0. The molecule has 8 heteroatoms.